The fraction of sp³-hybridized carbons (Fsp3) is 0.278. The second-order valence-corrected chi connectivity index (χ2v) is 6.26. The van der Waals surface area contributed by atoms with Gasteiger partial charge in [0.2, 0.25) is 0 Å². The van der Waals surface area contributed by atoms with Crippen LogP contribution in [0.4, 0.5) is 0 Å². The molecule has 0 aliphatic carbocycles. The SMILES string of the molecule is Cc1ccc(C(=O)CSCc2cc(C)cc(C)c2)cc1. The zero-order valence-corrected chi connectivity index (χ0v) is 13.1. The van der Waals surface area contributed by atoms with Gasteiger partial charge in [0.1, 0.15) is 0 Å². The van der Waals surface area contributed by atoms with Gasteiger partial charge in [0.15, 0.2) is 5.78 Å². The van der Waals surface area contributed by atoms with E-state index in [0.29, 0.717) is 5.75 Å². The highest BCUT2D eigenvalue weighted by atomic mass is 32.2. The molecule has 104 valence electrons. The van der Waals surface area contributed by atoms with Crippen molar-refractivity contribution in [1.82, 2.24) is 0 Å². The number of hydrogen-bond donors (Lipinski definition) is 0. The number of carbonyl (C=O) groups excluding carboxylic acids is 1. The van der Waals surface area contributed by atoms with Crippen molar-refractivity contribution in [2.75, 3.05) is 5.75 Å². The lowest BCUT2D eigenvalue weighted by Crippen LogP contribution is -2.02. The van der Waals surface area contributed by atoms with Crippen LogP contribution in [0.5, 0.6) is 0 Å². The number of hydrogen-bond acceptors (Lipinski definition) is 2. The molecule has 2 aromatic rings. The maximum Gasteiger partial charge on any atom is 0.172 e. The van der Waals surface area contributed by atoms with Crippen LogP contribution in [0.1, 0.15) is 32.6 Å². The summed E-state index contributed by atoms with van der Waals surface area (Å²) < 4.78 is 0. The Morgan fingerprint density at radius 2 is 1.50 bits per heavy atom. The summed E-state index contributed by atoms with van der Waals surface area (Å²) in [5.74, 6) is 1.63. The molecule has 0 radical (unpaired) electrons. The summed E-state index contributed by atoms with van der Waals surface area (Å²) in [5.41, 5.74) is 5.85. The molecule has 0 amide bonds. The van der Waals surface area contributed by atoms with Crippen LogP contribution in [0.3, 0.4) is 0 Å². The normalized spacial score (nSPS) is 10.6. The van der Waals surface area contributed by atoms with Crippen molar-refractivity contribution >= 4 is 17.5 Å². The third-order valence-corrected chi connectivity index (χ3v) is 4.16. The number of ketones is 1. The summed E-state index contributed by atoms with van der Waals surface area (Å²) in [5, 5.41) is 0. The molecule has 0 aromatic heterocycles. The second-order valence-electron chi connectivity index (χ2n) is 5.28. The molecule has 2 heteroatoms. The third-order valence-electron chi connectivity index (χ3n) is 3.16. The molecule has 0 bridgehead atoms. The molecule has 0 atom stereocenters. The first-order valence-electron chi connectivity index (χ1n) is 6.79. The number of aryl methyl sites for hydroxylation is 3. The molecule has 0 spiro atoms. The molecule has 1 nitrogen and oxygen atoms in total. The largest absolute Gasteiger partial charge is 0.293 e. The van der Waals surface area contributed by atoms with Crippen LogP contribution in [0, 0.1) is 20.8 Å². The van der Waals surface area contributed by atoms with Crippen LogP contribution in [-0.2, 0) is 5.75 Å². The molecule has 0 heterocycles. The first-order valence-corrected chi connectivity index (χ1v) is 7.95. The van der Waals surface area contributed by atoms with E-state index in [0.717, 1.165) is 11.3 Å². The first-order chi connectivity index (χ1) is 9.54. The Kier molecular flexibility index (Phi) is 5.02. The van der Waals surface area contributed by atoms with Gasteiger partial charge in [0.05, 0.1) is 5.75 Å². The molecule has 2 aromatic carbocycles. The number of carbonyl (C=O) groups is 1. The van der Waals surface area contributed by atoms with Crippen LogP contribution in [0.25, 0.3) is 0 Å². The van der Waals surface area contributed by atoms with Crippen molar-refractivity contribution < 1.29 is 4.79 Å². The minimum atomic E-state index is 0.208. The Labute approximate surface area is 125 Å². The van der Waals surface area contributed by atoms with Gasteiger partial charge in [-0.05, 0) is 26.3 Å². The predicted octanol–water partition coefficient (Wildman–Crippen LogP) is 4.73. The Morgan fingerprint density at radius 3 is 2.10 bits per heavy atom. The molecule has 0 unspecified atom stereocenters. The van der Waals surface area contributed by atoms with Crippen molar-refractivity contribution in [2.24, 2.45) is 0 Å². The molecular weight excluding hydrogens is 264 g/mol. The third kappa shape index (κ3) is 4.24. The van der Waals surface area contributed by atoms with E-state index in [4.69, 9.17) is 0 Å². The highest BCUT2D eigenvalue weighted by molar-refractivity contribution is 7.99. The van der Waals surface area contributed by atoms with Gasteiger partial charge >= 0.3 is 0 Å². The van der Waals surface area contributed by atoms with Gasteiger partial charge in [-0.25, -0.2) is 0 Å². The summed E-state index contributed by atoms with van der Waals surface area (Å²) >= 11 is 1.68. The van der Waals surface area contributed by atoms with Crippen molar-refractivity contribution in [2.45, 2.75) is 26.5 Å². The van der Waals surface area contributed by atoms with Gasteiger partial charge in [0.25, 0.3) is 0 Å². The van der Waals surface area contributed by atoms with Gasteiger partial charge in [-0.2, -0.15) is 0 Å². The molecule has 0 saturated carbocycles. The summed E-state index contributed by atoms with van der Waals surface area (Å²) in [6, 6.07) is 14.4. The predicted molar refractivity (Wildman–Crippen MR) is 87.6 cm³/mol. The number of rotatable bonds is 5. The Balaban J connectivity index is 1.89. The van der Waals surface area contributed by atoms with Crippen LogP contribution in [0.2, 0.25) is 0 Å². The topological polar surface area (TPSA) is 17.1 Å². The number of benzene rings is 2. The first kappa shape index (κ1) is 14.9. The standard InChI is InChI=1S/C18H20OS/c1-13-4-6-17(7-5-13)18(19)12-20-11-16-9-14(2)8-15(3)10-16/h4-10H,11-12H2,1-3H3. The molecule has 0 N–H and O–H groups in total. The van der Waals surface area contributed by atoms with Gasteiger partial charge in [0, 0.05) is 11.3 Å². The fourth-order valence-electron chi connectivity index (χ4n) is 2.24. The summed E-state index contributed by atoms with van der Waals surface area (Å²) in [6.07, 6.45) is 0. The minimum absolute atomic E-state index is 0.208. The van der Waals surface area contributed by atoms with E-state index < -0.39 is 0 Å². The Bertz CT molecular complexity index is 579. The highest BCUT2D eigenvalue weighted by Gasteiger charge is 2.06. The maximum atomic E-state index is 12.1. The van der Waals surface area contributed by atoms with E-state index in [1.807, 2.05) is 31.2 Å². The molecule has 0 aliphatic rings. The van der Waals surface area contributed by atoms with Crippen LogP contribution in [0.15, 0.2) is 42.5 Å². The van der Waals surface area contributed by atoms with Gasteiger partial charge in [-0.1, -0.05) is 59.2 Å². The van der Waals surface area contributed by atoms with Crippen LogP contribution >= 0.6 is 11.8 Å². The fourth-order valence-corrected chi connectivity index (χ4v) is 3.09. The monoisotopic (exact) mass is 284 g/mol. The van der Waals surface area contributed by atoms with E-state index in [1.54, 1.807) is 11.8 Å². The van der Waals surface area contributed by atoms with Crippen molar-refractivity contribution in [3.8, 4) is 0 Å². The Hall–Kier alpha value is -1.54. The molecule has 0 saturated heterocycles. The molecule has 0 fully saturated rings. The van der Waals surface area contributed by atoms with E-state index in [-0.39, 0.29) is 5.78 Å². The lowest BCUT2D eigenvalue weighted by atomic mass is 10.1. The number of Topliss-reactive ketones (excluding diaryl/α,β-unsaturated/α-hetero) is 1. The summed E-state index contributed by atoms with van der Waals surface area (Å²) in [7, 11) is 0. The van der Waals surface area contributed by atoms with E-state index in [9.17, 15) is 4.79 Å². The highest BCUT2D eigenvalue weighted by Crippen LogP contribution is 2.17. The lowest BCUT2D eigenvalue weighted by Gasteiger charge is -2.05. The van der Waals surface area contributed by atoms with Crippen molar-refractivity contribution in [3.05, 3.63) is 70.3 Å². The number of thioether (sulfide) groups is 1. The van der Waals surface area contributed by atoms with Crippen LogP contribution in [-0.4, -0.2) is 11.5 Å². The van der Waals surface area contributed by atoms with E-state index in [2.05, 4.69) is 32.0 Å². The summed E-state index contributed by atoms with van der Waals surface area (Å²) in [6.45, 7) is 6.25. The van der Waals surface area contributed by atoms with Gasteiger partial charge in [-0.3, -0.25) is 4.79 Å². The van der Waals surface area contributed by atoms with Gasteiger partial charge < -0.3 is 0 Å². The van der Waals surface area contributed by atoms with Crippen molar-refractivity contribution in [3.63, 3.8) is 0 Å². The van der Waals surface area contributed by atoms with Crippen LogP contribution < -0.4 is 0 Å². The minimum Gasteiger partial charge on any atom is -0.293 e. The molecular formula is C18H20OS. The zero-order chi connectivity index (χ0) is 14.5. The average Bonchev–Trinajstić information content (AvgIpc) is 2.38. The molecule has 2 rings (SSSR count). The second kappa shape index (κ2) is 6.76. The smallest absolute Gasteiger partial charge is 0.172 e. The maximum absolute atomic E-state index is 12.1. The average molecular weight is 284 g/mol. The van der Waals surface area contributed by atoms with E-state index >= 15 is 0 Å². The quantitative estimate of drug-likeness (QED) is 0.738. The molecule has 20 heavy (non-hydrogen) atoms. The zero-order valence-electron chi connectivity index (χ0n) is 12.3. The summed E-state index contributed by atoms with van der Waals surface area (Å²) in [4.78, 5) is 12.1. The Morgan fingerprint density at radius 1 is 0.900 bits per heavy atom. The molecule has 0 aliphatic heterocycles. The lowest BCUT2D eigenvalue weighted by molar-refractivity contribution is 0.102. The van der Waals surface area contributed by atoms with E-state index in [1.165, 1.54) is 22.3 Å². The van der Waals surface area contributed by atoms with Gasteiger partial charge in [-0.15, -0.1) is 11.8 Å². The van der Waals surface area contributed by atoms with Crippen molar-refractivity contribution in [1.29, 1.82) is 0 Å².